The Morgan fingerprint density at radius 2 is 1.54 bits per heavy atom. The van der Waals surface area contributed by atoms with Crippen LogP contribution >= 0.6 is 0 Å². The lowest BCUT2D eigenvalue weighted by Gasteiger charge is -2.39. The van der Waals surface area contributed by atoms with Crippen molar-refractivity contribution >= 4 is 42.0 Å². The molecule has 194 valence electrons. The number of carbonyl (C=O) groups is 2. The molecule has 4 aromatic rings. The summed E-state index contributed by atoms with van der Waals surface area (Å²) in [4.78, 5) is 24.2. The molecule has 0 aliphatic rings. The molecule has 0 aliphatic heterocycles. The predicted octanol–water partition coefficient (Wildman–Crippen LogP) is 8.03. The Bertz CT molecular complexity index is 1410. The first-order chi connectivity index (χ1) is 17.5. The van der Waals surface area contributed by atoms with Crippen molar-refractivity contribution < 1.29 is 23.2 Å². The van der Waals surface area contributed by atoms with Gasteiger partial charge in [-0.05, 0) is 59.6 Å². The monoisotopic (exact) mass is 516 g/mol. The fraction of sp³-hybridized carbons (Fsp3) is 0.355. The summed E-state index contributed by atoms with van der Waals surface area (Å²) < 4.78 is 17.7. The minimum Gasteiger partial charge on any atom is -0.469 e. The third kappa shape index (κ3) is 6.03. The molecule has 1 atom stereocenters. The van der Waals surface area contributed by atoms with E-state index in [1.165, 1.54) is 12.7 Å². The van der Waals surface area contributed by atoms with Crippen LogP contribution in [-0.4, -0.2) is 27.2 Å². The zero-order valence-corrected chi connectivity index (χ0v) is 23.6. The van der Waals surface area contributed by atoms with Gasteiger partial charge in [0.2, 0.25) is 0 Å². The van der Waals surface area contributed by atoms with Crippen LogP contribution in [0.5, 0.6) is 0 Å². The van der Waals surface area contributed by atoms with E-state index in [1.807, 2.05) is 24.3 Å². The van der Waals surface area contributed by atoms with E-state index < -0.39 is 8.32 Å². The highest BCUT2D eigenvalue weighted by molar-refractivity contribution is 6.74. The zero-order chi connectivity index (χ0) is 26.8. The molecular weight excluding hydrogens is 480 g/mol. The van der Waals surface area contributed by atoms with Crippen LogP contribution in [0.3, 0.4) is 0 Å². The zero-order valence-electron chi connectivity index (χ0n) is 22.6. The summed E-state index contributed by atoms with van der Waals surface area (Å²) in [6.45, 7) is 11.3. The van der Waals surface area contributed by atoms with Gasteiger partial charge in [-0.2, -0.15) is 0 Å². The smallest absolute Gasteiger partial charge is 0.305 e. The molecule has 0 saturated carbocycles. The number of fused-ring (bicyclic) bond motifs is 3. The molecule has 0 N–H and O–H groups in total. The van der Waals surface area contributed by atoms with Crippen LogP contribution in [0, 0.1) is 0 Å². The van der Waals surface area contributed by atoms with Crippen molar-refractivity contribution in [3.63, 3.8) is 0 Å². The number of ether oxygens (including phenoxy) is 1. The van der Waals surface area contributed by atoms with Crippen LogP contribution in [0.25, 0.3) is 21.9 Å². The van der Waals surface area contributed by atoms with Crippen molar-refractivity contribution in [3.8, 4) is 0 Å². The highest BCUT2D eigenvalue weighted by atomic mass is 28.4. The molecule has 0 amide bonds. The maximum Gasteiger partial charge on any atom is 0.305 e. The van der Waals surface area contributed by atoms with E-state index in [0.717, 1.165) is 33.9 Å². The van der Waals surface area contributed by atoms with E-state index in [1.54, 1.807) is 6.07 Å². The van der Waals surface area contributed by atoms with Crippen molar-refractivity contribution in [2.75, 3.05) is 7.11 Å². The van der Waals surface area contributed by atoms with Crippen molar-refractivity contribution in [1.82, 2.24) is 0 Å². The van der Waals surface area contributed by atoms with Crippen molar-refractivity contribution in [3.05, 3.63) is 83.4 Å². The third-order valence-corrected chi connectivity index (χ3v) is 12.0. The number of ketones is 1. The summed E-state index contributed by atoms with van der Waals surface area (Å²) in [5.74, 6) is -0.486. The number of Topliss-reactive ketones (excluding diaryl/α,β-unsaturated/α-hetero) is 1. The Labute approximate surface area is 219 Å². The molecule has 1 heterocycles. The maximum atomic E-state index is 12.7. The Balaban J connectivity index is 1.73. The molecule has 5 nitrogen and oxygen atoms in total. The first-order valence-electron chi connectivity index (χ1n) is 12.8. The van der Waals surface area contributed by atoms with Crippen molar-refractivity contribution in [2.24, 2.45) is 0 Å². The second-order valence-corrected chi connectivity index (χ2v) is 15.9. The normalized spacial score (nSPS) is 13.1. The van der Waals surface area contributed by atoms with Crippen LogP contribution in [0.2, 0.25) is 18.1 Å². The number of benzene rings is 3. The van der Waals surface area contributed by atoms with Crippen LogP contribution < -0.4 is 0 Å². The predicted molar refractivity (Wildman–Crippen MR) is 150 cm³/mol. The number of furan rings is 1. The van der Waals surface area contributed by atoms with Crippen molar-refractivity contribution in [1.29, 1.82) is 0 Å². The maximum absolute atomic E-state index is 12.7. The lowest BCUT2D eigenvalue weighted by Crippen LogP contribution is -2.42. The summed E-state index contributed by atoms with van der Waals surface area (Å²) in [7, 11) is -0.734. The summed E-state index contributed by atoms with van der Waals surface area (Å²) in [5.41, 5.74) is 4.36. The second kappa shape index (κ2) is 10.6. The fourth-order valence-electron chi connectivity index (χ4n) is 4.22. The van der Waals surface area contributed by atoms with Gasteiger partial charge in [0, 0.05) is 29.2 Å². The van der Waals surface area contributed by atoms with E-state index in [4.69, 9.17) is 8.84 Å². The fourth-order valence-corrected chi connectivity index (χ4v) is 5.50. The number of methoxy groups -OCH3 is 1. The van der Waals surface area contributed by atoms with Crippen LogP contribution in [0.4, 0.5) is 0 Å². The minimum atomic E-state index is -2.06. The van der Waals surface area contributed by atoms with Gasteiger partial charge >= 0.3 is 5.97 Å². The van der Waals surface area contributed by atoms with Gasteiger partial charge in [0.05, 0.1) is 19.6 Å². The molecule has 0 aliphatic carbocycles. The van der Waals surface area contributed by atoms with Gasteiger partial charge in [-0.3, -0.25) is 9.59 Å². The van der Waals surface area contributed by atoms with Gasteiger partial charge in [0.15, 0.2) is 14.1 Å². The molecule has 0 bridgehead atoms. The average Bonchev–Trinajstić information content (AvgIpc) is 3.23. The number of hydrogen-bond donors (Lipinski definition) is 0. The van der Waals surface area contributed by atoms with Gasteiger partial charge in [0.1, 0.15) is 11.2 Å². The highest BCUT2D eigenvalue weighted by Gasteiger charge is 2.39. The number of esters is 1. The average molecular weight is 517 g/mol. The first kappa shape index (κ1) is 26.8. The van der Waals surface area contributed by atoms with E-state index in [-0.39, 0.29) is 35.7 Å². The molecule has 1 unspecified atom stereocenters. The van der Waals surface area contributed by atoms with Gasteiger partial charge in [-0.25, -0.2) is 0 Å². The molecule has 0 fully saturated rings. The lowest BCUT2D eigenvalue weighted by molar-refractivity contribution is -0.140. The third-order valence-electron chi connectivity index (χ3n) is 7.48. The molecule has 0 spiro atoms. The molecule has 0 saturated heterocycles. The molecule has 4 rings (SSSR count). The molecule has 3 aromatic carbocycles. The summed E-state index contributed by atoms with van der Waals surface area (Å²) >= 11 is 0. The molecule has 37 heavy (non-hydrogen) atoms. The number of carbonyl (C=O) groups excluding carboxylic acids is 2. The van der Waals surface area contributed by atoms with Crippen molar-refractivity contribution in [2.45, 2.75) is 64.3 Å². The van der Waals surface area contributed by atoms with Gasteiger partial charge in [-0.15, -0.1) is 0 Å². The van der Waals surface area contributed by atoms with Crippen LogP contribution in [0.1, 0.15) is 61.2 Å². The van der Waals surface area contributed by atoms with E-state index in [0.29, 0.717) is 5.56 Å². The number of hydrogen-bond acceptors (Lipinski definition) is 5. The molecule has 1 aromatic heterocycles. The summed E-state index contributed by atoms with van der Waals surface area (Å²) in [5, 5.41) is 1.91. The van der Waals surface area contributed by atoms with Crippen LogP contribution in [-0.2, 0) is 20.4 Å². The summed E-state index contributed by atoms with van der Waals surface area (Å²) in [6.07, 6.45) is 0.836. The molecular formula is C31H36O5Si. The Morgan fingerprint density at radius 1 is 0.892 bits per heavy atom. The van der Waals surface area contributed by atoms with Gasteiger partial charge < -0.3 is 13.6 Å². The number of rotatable bonds is 9. The molecule has 6 heteroatoms. The lowest BCUT2D eigenvalue weighted by atomic mass is 9.99. The minimum absolute atomic E-state index is 0.0651. The largest absolute Gasteiger partial charge is 0.469 e. The topological polar surface area (TPSA) is 65.7 Å². The Kier molecular flexibility index (Phi) is 7.71. The summed E-state index contributed by atoms with van der Waals surface area (Å²) in [6, 6.07) is 22.1. The van der Waals surface area contributed by atoms with Gasteiger partial charge in [-0.1, -0.05) is 57.2 Å². The highest BCUT2D eigenvalue weighted by Crippen LogP contribution is 2.41. The Morgan fingerprint density at radius 3 is 2.19 bits per heavy atom. The van der Waals surface area contributed by atoms with E-state index in [9.17, 15) is 9.59 Å². The standard InChI is InChI=1S/C31H36O5Si/c1-31(2,3)37(5,6)36-29(18-21-10-8-7-9-11-21)23-13-16-28-25(20-23)24-19-22(12-15-27(24)35-28)26(32)14-17-30(33)34-4/h7-13,15-16,19-20,29H,14,17-18H2,1-6H3. The van der Waals surface area contributed by atoms with Crippen LogP contribution in [0.15, 0.2) is 71.1 Å². The molecule has 0 radical (unpaired) electrons. The Hall–Kier alpha value is -3.22. The first-order valence-corrected chi connectivity index (χ1v) is 15.7. The van der Waals surface area contributed by atoms with Gasteiger partial charge in [0.25, 0.3) is 0 Å². The quantitative estimate of drug-likeness (QED) is 0.128. The van der Waals surface area contributed by atoms with E-state index in [2.05, 4.69) is 75.0 Å². The SMILES string of the molecule is COC(=O)CCC(=O)c1ccc2oc3ccc(C(Cc4ccccc4)O[Si](C)(C)C(C)(C)C)cc3c2c1. The van der Waals surface area contributed by atoms with E-state index >= 15 is 0 Å². The second-order valence-electron chi connectivity index (χ2n) is 11.1.